The molecule has 0 bridgehead atoms. The number of nitrogens with two attached hydrogens (primary N) is 1. The molecule has 0 fully saturated rings. The van der Waals surface area contributed by atoms with E-state index in [1.807, 2.05) is 6.92 Å². The van der Waals surface area contributed by atoms with Gasteiger partial charge in [-0.1, -0.05) is 38.3 Å². The van der Waals surface area contributed by atoms with Crippen LogP contribution in [0.1, 0.15) is 46.0 Å². The Hall–Kier alpha value is -0.770. The van der Waals surface area contributed by atoms with E-state index in [0.29, 0.717) is 6.61 Å². The first kappa shape index (κ1) is 13.2. The van der Waals surface area contributed by atoms with Crippen LogP contribution in [-0.2, 0) is 4.74 Å². The Morgan fingerprint density at radius 1 is 1.36 bits per heavy atom. The fourth-order valence-electron chi connectivity index (χ4n) is 1.23. The maximum atomic E-state index is 8.46. The van der Waals surface area contributed by atoms with Gasteiger partial charge >= 0.3 is 0 Å². The summed E-state index contributed by atoms with van der Waals surface area (Å²) in [6.07, 6.45) is 5.19. The summed E-state index contributed by atoms with van der Waals surface area (Å²) in [5, 5.41) is 11.4. The van der Waals surface area contributed by atoms with Crippen LogP contribution in [0, 0.1) is 0 Å². The molecule has 0 spiro atoms. The molecule has 4 heteroatoms. The molecular formula is C10H22N2O2. The summed E-state index contributed by atoms with van der Waals surface area (Å²) in [5.41, 5.74) is 5.44. The summed E-state index contributed by atoms with van der Waals surface area (Å²) >= 11 is 0. The van der Waals surface area contributed by atoms with Crippen molar-refractivity contribution in [2.24, 2.45) is 10.9 Å². The maximum Gasteiger partial charge on any atom is 0.168 e. The predicted octanol–water partition coefficient (Wildman–Crippen LogP) is 2.11. The third-order valence-electron chi connectivity index (χ3n) is 2.13. The van der Waals surface area contributed by atoms with Crippen LogP contribution in [0.5, 0.6) is 0 Å². The third kappa shape index (κ3) is 5.80. The summed E-state index contributed by atoms with van der Waals surface area (Å²) < 4.78 is 5.47. The quantitative estimate of drug-likeness (QED) is 0.208. The van der Waals surface area contributed by atoms with E-state index < -0.39 is 0 Å². The molecule has 0 aliphatic carbocycles. The Morgan fingerprint density at radius 3 is 2.57 bits per heavy atom. The lowest BCUT2D eigenvalue weighted by molar-refractivity contribution is 0.0885. The lowest BCUT2D eigenvalue weighted by atomic mass is 10.2. The smallest absolute Gasteiger partial charge is 0.168 e. The maximum absolute atomic E-state index is 8.46. The number of hydrogen-bond acceptors (Lipinski definition) is 3. The first-order valence-corrected chi connectivity index (χ1v) is 5.35. The highest BCUT2D eigenvalue weighted by molar-refractivity contribution is 5.84. The van der Waals surface area contributed by atoms with Crippen molar-refractivity contribution in [3.8, 4) is 0 Å². The molecule has 1 unspecified atom stereocenters. The summed E-state index contributed by atoms with van der Waals surface area (Å²) in [4.78, 5) is 0. The van der Waals surface area contributed by atoms with E-state index in [2.05, 4.69) is 12.1 Å². The van der Waals surface area contributed by atoms with Gasteiger partial charge in [-0.2, -0.15) is 0 Å². The molecule has 0 saturated heterocycles. The molecule has 4 nitrogen and oxygen atoms in total. The van der Waals surface area contributed by atoms with Gasteiger partial charge in [0.25, 0.3) is 0 Å². The van der Waals surface area contributed by atoms with E-state index in [1.54, 1.807) is 0 Å². The van der Waals surface area contributed by atoms with Crippen molar-refractivity contribution < 1.29 is 9.94 Å². The van der Waals surface area contributed by atoms with Gasteiger partial charge in [0.15, 0.2) is 5.84 Å². The van der Waals surface area contributed by atoms with Crippen molar-refractivity contribution in [2.75, 3.05) is 6.61 Å². The third-order valence-corrected chi connectivity index (χ3v) is 2.13. The Labute approximate surface area is 86.1 Å². The average molecular weight is 202 g/mol. The Balaban J connectivity index is 3.53. The van der Waals surface area contributed by atoms with Gasteiger partial charge in [0.05, 0.1) is 0 Å². The Bertz CT molecular complexity index is 160. The highest BCUT2D eigenvalue weighted by Crippen LogP contribution is 2.03. The molecule has 0 aliphatic heterocycles. The second-order valence-corrected chi connectivity index (χ2v) is 3.35. The van der Waals surface area contributed by atoms with Crippen molar-refractivity contribution in [2.45, 2.75) is 52.1 Å². The lowest BCUT2D eigenvalue weighted by Crippen LogP contribution is -2.31. The first-order chi connectivity index (χ1) is 6.76. The number of unbranched alkanes of at least 4 members (excludes halogenated alkanes) is 3. The lowest BCUT2D eigenvalue weighted by Gasteiger charge is -2.13. The Morgan fingerprint density at radius 2 is 2.07 bits per heavy atom. The zero-order chi connectivity index (χ0) is 10.8. The van der Waals surface area contributed by atoms with Crippen LogP contribution < -0.4 is 5.73 Å². The van der Waals surface area contributed by atoms with E-state index in [4.69, 9.17) is 15.7 Å². The molecule has 14 heavy (non-hydrogen) atoms. The summed E-state index contributed by atoms with van der Waals surface area (Å²) in [6.45, 7) is 4.82. The Kier molecular flexibility index (Phi) is 8.33. The number of nitrogens with zero attached hydrogens (tertiary/aromatic N) is 1. The van der Waals surface area contributed by atoms with Crippen LogP contribution in [-0.4, -0.2) is 23.8 Å². The van der Waals surface area contributed by atoms with Crippen molar-refractivity contribution in [3.05, 3.63) is 0 Å². The van der Waals surface area contributed by atoms with E-state index in [-0.39, 0.29) is 11.9 Å². The normalized spacial score (nSPS) is 14.3. The minimum absolute atomic E-state index is 0.169. The molecule has 0 aliphatic rings. The number of amidine groups is 1. The molecular weight excluding hydrogens is 180 g/mol. The van der Waals surface area contributed by atoms with Gasteiger partial charge in [-0.3, -0.25) is 0 Å². The topological polar surface area (TPSA) is 67.8 Å². The molecule has 0 amide bonds. The molecule has 1 atom stereocenters. The monoisotopic (exact) mass is 202 g/mol. The standard InChI is InChI=1S/C10H22N2O2/c1-3-5-6-7-8-14-9(4-2)10(11)12-13/h9,13H,3-8H2,1-2H3,(H2,11,12). The average Bonchev–Trinajstić information content (AvgIpc) is 2.22. The summed E-state index contributed by atoms with van der Waals surface area (Å²) in [6, 6.07) is 0. The number of oxime groups is 1. The first-order valence-electron chi connectivity index (χ1n) is 5.35. The van der Waals surface area contributed by atoms with Gasteiger partial charge in [0.2, 0.25) is 0 Å². The fraction of sp³-hybridized carbons (Fsp3) is 0.900. The van der Waals surface area contributed by atoms with Crippen LogP contribution in [0.25, 0.3) is 0 Å². The van der Waals surface area contributed by atoms with E-state index in [9.17, 15) is 0 Å². The van der Waals surface area contributed by atoms with E-state index in [0.717, 1.165) is 12.8 Å². The predicted molar refractivity (Wildman–Crippen MR) is 57.6 cm³/mol. The van der Waals surface area contributed by atoms with Crippen molar-refractivity contribution in [1.29, 1.82) is 0 Å². The van der Waals surface area contributed by atoms with Crippen molar-refractivity contribution in [1.82, 2.24) is 0 Å². The van der Waals surface area contributed by atoms with Crippen LogP contribution in [0.4, 0.5) is 0 Å². The van der Waals surface area contributed by atoms with Gasteiger partial charge in [-0.25, -0.2) is 0 Å². The minimum atomic E-state index is -0.235. The molecule has 0 aromatic carbocycles. The summed E-state index contributed by atoms with van der Waals surface area (Å²) in [5.74, 6) is 0.169. The minimum Gasteiger partial charge on any atom is -0.409 e. The number of rotatable bonds is 8. The summed E-state index contributed by atoms with van der Waals surface area (Å²) in [7, 11) is 0. The van der Waals surface area contributed by atoms with Gasteiger partial charge in [-0.15, -0.1) is 0 Å². The highest BCUT2D eigenvalue weighted by Gasteiger charge is 2.10. The van der Waals surface area contributed by atoms with Crippen LogP contribution >= 0.6 is 0 Å². The highest BCUT2D eigenvalue weighted by atomic mass is 16.5. The van der Waals surface area contributed by atoms with Gasteiger partial charge in [0, 0.05) is 6.61 Å². The number of ether oxygens (including phenoxy) is 1. The molecule has 0 saturated carbocycles. The van der Waals surface area contributed by atoms with Crippen molar-refractivity contribution >= 4 is 5.84 Å². The van der Waals surface area contributed by atoms with Crippen LogP contribution in [0.15, 0.2) is 5.16 Å². The van der Waals surface area contributed by atoms with Gasteiger partial charge < -0.3 is 15.7 Å². The second kappa shape index (κ2) is 8.81. The van der Waals surface area contributed by atoms with Gasteiger partial charge in [0.1, 0.15) is 6.10 Å². The molecule has 0 radical (unpaired) electrons. The molecule has 0 aromatic rings. The fourth-order valence-corrected chi connectivity index (χ4v) is 1.23. The van der Waals surface area contributed by atoms with Crippen LogP contribution in [0.3, 0.4) is 0 Å². The largest absolute Gasteiger partial charge is 0.409 e. The molecule has 0 aromatic heterocycles. The van der Waals surface area contributed by atoms with E-state index in [1.165, 1.54) is 19.3 Å². The van der Waals surface area contributed by atoms with Crippen LogP contribution in [0.2, 0.25) is 0 Å². The molecule has 3 N–H and O–H groups in total. The zero-order valence-electron chi connectivity index (χ0n) is 9.20. The molecule has 84 valence electrons. The van der Waals surface area contributed by atoms with E-state index >= 15 is 0 Å². The number of hydrogen-bond donors (Lipinski definition) is 2. The SMILES string of the molecule is CCCCCCOC(CC)C(N)=NO. The molecule has 0 heterocycles. The van der Waals surface area contributed by atoms with Gasteiger partial charge in [-0.05, 0) is 12.8 Å². The zero-order valence-corrected chi connectivity index (χ0v) is 9.20. The second-order valence-electron chi connectivity index (χ2n) is 3.35. The molecule has 0 rings (SSSR count). The van der Waals surface area contributed by atoms with Crippen molar-refractivity contribution in [3.63, 3.8) is 0 Å².